The highest BCUT2D eigenvalue weighted by molar-refractivity contribution is 5.81. The summed E-state index contributed by atoms with van der Waals surface area (Å²) in [5.74, 6) is -0.307. The van der Waals surface area contributed by atoms with Crippen molar-refractivity contribution >= 4 is 5.97 Å². The topological polar surface area (TPSA) is 26.3 Å². The molecule has 0 aliphatic carbocycles. The molecule has 0 spiro atoms. The maximum absolute atomic E-state index is 10.7. The van der Waals surface area contributed by atoms with Crippen LogP contribution in [0.2, 0.25) is 0 Å². The van der Waals surface area contributed by atoms with Crippen molar-refractivity contribution in [3.63, 3.8) is 0 Å². The van der Waals surface area contributed by atoms with Crippen LogP contribution >= 0.6 is 0 Å². The first-order valence-electron chi connectivity index (χ1n) is 6.10. The van der Waals surface area contributed by atoms with Gasteiger partial charge in [-0.2, -0.15) is 0 Å². The second-order valence-corrected chi connectivity index (χ2v) is 3.85. The number of carbonyl (C=O) groups is 1. The zero-order valence-electron chi connectivity index (χ0n) is 10.4. The number of hydrogen-bond acceptors (Lipinski definition) is 2. The average Bonchev–Trinajstić information content (AvgIpc) is 2.26. The predicted octanol–water partition coefficient (Wildman–Crippen LogP) is 4.01. The number of unbranched alkanes of at least 4 members (excludes halogenated alkanes) is 7. The van der Waals surface area contributed by atoms with Crippen molar-refractivity contribution in [3.8, 4) is 0 Å². The molecule has 0 N–H and O–H groups in total. The van der Waals surface area contributed by atoms with Crippen molar-refractivity contribution < 1.29 is 14.2 Å². The number of ether oxygens (including phenoxy) is 1. The Morgan fingerprint density at radius 3 is 2.06 bits per heavy atom. The molecule has 0 radical (unpaired) electrons. The average molecular weight is 232 g/mol. The van der Waals surface area contributed by atoms with Crippen molar-refractivity contribution in [2.75, 3.05) is 6.61 Å². The van der Waals surface area contributed by atoms with Gasteiger partial charge in [0, 0.05) is 6.08 Å². The van der Waals surface area contributed by atoms with E-state index in [0.29, 0.717) is 6.61 Å². The van der Waals surface area contributed by atoms with Crippen LogP contribution in [0.1, 0.15) is 58.3 Å². The van der Waals surface area contributed by atoms with Gasteiger partial charge in [0.1, 0.15) is 0 Å². The van der Waals surface area contributed by atoms with E-state index >= 15 is 0 Å². The van der Waals surface area contributed by atoms with Crippen LogP contribution in [0.4, 0.5) is 4.70 Å². The van der Waals surface area contributed by atoms with Crippen LogP contribution in [0.3, 0.4) is 0 Å². The number of carbonyl (C=O) groups excluding carboxylic acids is 1. The SMILES string of the molecule is C=CC(=O)OCCCCCCCCCC.F. The van der Waals surface area contributed by atoms with Crippen molar-refractivity contribution in [2.24, 2.45) is 0 Å². The molecule has 0 saturated carbocycles. The third-order valence-electron chi connectivity index (χ3n) is 2.41. The first-order valence-corrected chi connectivity index (χ1v) is 6.10. The van der Waals surface area contributed by atoms with Gasteiger partial charge in [-0.15, -0.1) is 0 Å². The van der Waals surface area contributed by atoms with Crippen LogP contribution in [0, 0.1) is 0 Å². The lowest BCUT2D eigenvalue weighted by Crippen LogP contribution is -2.01. The van der Waals surface area contributed by atoms with Crippen LogP contribution in [-0.2, 0) is 9.53 Å². The molecular formula is C13H25FO2. The summed E-state index contributed by atoms with van der Waals surface area (Å²) < 4.78 is 4.88. The minimum atomic E-state index is -0.307. The molecule has 0 rings (SSSR count). The highest BCUT2D eigenvalue weighted by Gasteiger charge is 1.95. The van der Waals surface area contributed by atoms with E-state index in [1.165, 1.54) is 44.6 Å². The second-order valence-electron chi connectivity index (χ2n) is 3.85. The molecule has 0 atom stereocenters. The minimum Gasteiger partial charge on any atom is -0.463 e. The van der Waals surface area contributed by atoms with Gasteiger partial charge >= 0.3 is 5.97 Å². The summed E-state index contributed by atoms with van der Waals surface area (Å²) in [7, 11) is 0. The quantitative estimate of drug-likeness (QED) is 0.323. The Labute approximate surface area is 98.4 Å². The zero-order valence-corrected chi connectivity index (χ0v) is 10.4. The third kappa shape index (κ3) is 13.1. The zero-order chi connectivity index (χ0) is 11.4. The first-order chi connectivity index (χ1) is 7.31. The lowest BCUT2D eigenvalue weighted by atomic mass is 10.1. The fourth-order valence-corrected chi connectivity index (χ4v) is 1.47. The fourth-order valence-electron chi connectivity index (χ4n) is 1.47. The Hall–Kier alpha value is -0.860. The molecule has 3 heteroatoms. The van der Waals surface area contributed by atoms with Gasteiger partial charge in [-0.3, -0.25) is 4.70 Å². The molecule has 0 aliphatic rings. The van der Waals surface area contributed by atoms with Gasteiger partial charge in [0.2, 0.25) is 0 Å². The molecule has 0 aromatic heterocycles. The number of esters is 1. The van der Waals surface area contributed by atoms with E-state index in [0.717, 1.165) is 12.8 Å². The molecule has 0 amide bonds. The molecule has 0 aromatic rings. The van der Waals surface area contributed by atoms with Crippen molar-refractivity contribution in [1.29, 1.82) is 0 Å². The Morgan fingerprint density at radius 2 is 1.56 bits per heavy atom. The molecule has 0 saturated heterocycles. The van der Waals surface area contributed by atoms with Crippen LogP contribution in [0.25, 0.3) is 0 Å². The smallest absolute Gasteiger partial charge is 0.330 e. The molecule has 16 heavy (non-hydrogen) atoms. The highest BCUT2D eigenvalue weighted by Crippen LogP contribution is 2.08. The van der Waals surface area contributed by atoms with E-state index in [1.54, 1.807) is 0 Å². The van der Waals surface area contributed by atoms with E-state index in [-0.39, 0.29) is 10.7 Å². The summed E-state index contributed by atoms with van der Waals surface area (Å²) >= 11 is 0. The Balaban J connectivity index is 0. The van der Waals surface area contributed by atoms with E-state index in [2.05, 4.69) is 13.5 Å². The van der Waals surface area contributed by atoms with E-state index in [9.17, 15) is 4.79 Å². The second kappa shape index (κ2) is 14.1. The van der Waals surface area contributed by atoms with Crippen molar-refractivity contribution in [2.45, 2.75) is 58.3 Å². The summed E-state index contributed by atoms with van der Waals surface area (Å²) in [6, 6.07) is 0. The number of rotatable bonds is 10. The Bertz CT molecular complexity index is 169. The van der Waals surface area contributed by atoms with E-state index in [1.807, 2.05) is 0 Å². The molecule has 2 nitrogen and oxygen atoms in total. The van der Waals surface area contributed by atoms with Crippen molar-refractivity contribution in [3.05, 3.63) is 12.7 Å². The molecule has 96 valence electrons. The van der Waals surface area contributed by atoms with E-state index < -0.39 is 0 Å². The van der Waals surface area contributed by atoms with Crippen LogP contribution < -0.4 is 0 Å². The van der Waals surface area contributed by atoms with Gasteiger partial charge in [-0.05, 0) is 6.42 Å². The van der Waals surface area contributed by atoms with E-state index in [4.69, 9.17) is 4.74 Å². The van der Waals surface area contributed by atoms with Gasteiger partial charge in [-0.25, -0.2) is 4.79 Å². The lowest BCUT2D eigenvalue weighted by molar-refractivity contribution is -0.137. The lowest BCUT2D eigenvalue weighted by Gasteiger charge is -2.02. The normalized spacial score (nSPS) is 9.31. The molecular weight excluding hydrogens is 207 g/mol. The van der Waals surface area contributed by atoms with Crippen LogP contribution in [-0.4, -0.2) is 12.6 Å². The molecule has 0 aromatic carbocycles. The Kier molecular flexibility index (Phi) is 15.5. The molecule has 0 aliphatic heterocycles. The number of hydrogen-bond donors (Lipinski definition) is 0. The molecule has 0 fully saturated rings. The van der Waals surface area contributed by atoms with Crippen LogP contribution in [0.5, 0.6) is 0 Å². The summed E-state index contributed by atoms with van der Waals surface area (Å²) in [6.07, 6.45) is 11.3. The predicted molar refractivity (Wildman–Crippen MR) is 66.3 cm³/mol. The largest absolute Gasteiger partial charge is 0.463 e. The van der Waals surface area contributed by atoms with Gasteiger partial charge in [0.25, 0.3) is 0 Å². The monoisotopic (exact) mass is 232 g/mol. The maximum atomic E-state index is 10.7. The molecule has 0 bridgehead atoms. The highest BCUT2D eigenvalue weighted by atomic mass is 19.0. The molecule has 0 unspecified atom stereocenters. The summed E-state index contributed by atoms with van der Waals surface area (Å²) in [5.41, 5.74) is 0. The van der Waals surface area contributed by atoms with Gasteiger partial charge in [-0.1, -0.05) is 58.4 Å². The fraction of sp³-hybridized carbons (Fsp3) is 0.769. The summed E-state index contributed by atoms with van der Waals surface area (Å²) in [6.45, 7) is 6.11. The minimum absolute atomic E-state index is 0. The van der Waals surface area contributed by atoms with Crippen molar-refractivity contribution in [1.82, 2.24) is 0 Å². The maximum Gasteiger partial charge on any atom is 0.330 e. The van der Waals surface area contributed by atoms with Crippen LogP contribution in [0.15, 0.2) is 12.7 Å². The third-order valence-corrected chi connectivity index (χ3v) is 2.41. The van der Waals surface area contributed by atoms with Gasteiger partial charge in [0.15, 0.2) is 0 Å². The standard InChI is InChI=1S/C13H24O2.FH/c1-3-5-6-7-8-9-10-11-12-15-13(14)4-2;/h4H,2-3,5-12H2,1H3;1H. The van der Waals surface area contributed by atoms with Gasteiger partial charge in [0.05, 0.1) is 6.61 Å². The Morgan fingerprint density at radius 1 is 1.06 bits per heavy atom. The first kappa shape index (κ1) is 17.5. The number of halogens is 1. The van der Waals surface area contributed by atoms with Gasteiger partial charge < -0.3 is 4.74 Å². The molecule has 0 heterocycles. The summed E-state index contributed by atoms with van der Waals surface area (Å²) in [5, 5.41) is 0. The summed E-state index contributed by atoms with van der Waals surface area (Å²) in [4.78, 5) is 10.7.